The van der Waals surface area contributed by atoms with Crippen LogP contribution in [0.1, 0.15) is 69.8 Å². The molecule has 2 aromatic rings. The van der Waals surface area contributed by atoms with Crippen LogP contribution >= 0.6 is 0 Å². The van der Waals surface area contributed by atoms with Crippen LogP contribution in [0.5, 0.6) is 5.75 Å². The van der Waals surface area contributed by atoms with Crippen molar-refractivity contribution in [2.75, 3.05) is 30.8 Å². The van der Waals surface area contributed by atoms with Gasteiger partial charge in [0.1, 0.15) is 16.9 Å². The summed E-state index contributed by atoms with van der Waals surface area (Å²) in [6.07, 6.45) is 4.27. The molecule has 1 saturated heterocycles. The van der Waals surface area contributed by atoms with Crippen molar-refractivity contribution in [2.24, 2.45) is 11.7 Å². The Kier molecular flexibility index (Phi) is 7.70. The molecule has 1 aromatic carbocycles. The molecule has 1 unspecified atom stereocenters. The van der Waals surface area contributed by atoms with E-state index in [0.717, 1.165) is 25.7 Å². The Morgan fingerprint density at radius 3 is 2.31 bits per heavy atom. The molecule has 1 aliphatic carbocycles. The number of carboxylic acids is 1. The fourth-order valence-electron chi connectivity index (χ4n) is 4.50. The van der Waals surface area contributed by atoms with E-state index in [1.54, 1.807) is 25.3 Å². The molecule has 0 bridgehead atoms. The molecule has 5 N–H and O–H groups in total. The molecule has 36 heavy (non-hydrogen) atoms. The SMILES string of the molecule is CC(C)(C)OC(N)=O.CCC1CCN(c2c(F)c(N)c3c(=O)c(C(=O)O)cn(C4CC4)c3c2OC)C1. The second-order valence-electron chi connectivity index (χ2n) is 10.2. The highest BCUT2D eigenvalue weighted by Gasteiger charge is 2.34. The molecule has 2 aliphatic rings. The molecule has 2 fully saturated rings. The summed E-state index contributed by atoms with van der Waals surface area (Å²) in [5.74, 6) is -1.36. The van der Waals surface area contributed by atoms with Crippen molar-refractivity contribution in [3.63, 3.8) is 0 Å². The first kappa shape index (κ1) is 27.1. The number of pyridine rings is 1. The number of fused-ring (bicyclic) bond motifs is 1. The number of primary amides is 1. The van der Waals surface area contributed by atoms with Gasteiger partial charge in [0.2, 0.25) is 5.43 Å². The summed E-state index contributed by atoms with van der Waals surface area (Å²) in [7, 11) is 1.44. The van der Waals surface area contributed by atoms with Crippen LogP contribution in [0.4, 0.5) is 20.6 Å². The fraction of sp³-hybridized carbons (Fsp3) is 0.560. The smallest absolute Gasteiger partial charge is 0.405 e. The number of carbonyl (C=O) groups is 2. The first-order chi connectivity index (χ1) is 16.8. The molecule has 1 atom stereocenters. The van der Waals surface area contributed by atoms with E-state index in [1.807, 2.05) is 4.90 Å². The van der Waals surface area contributed by atoms with Crippen molar-refractivity contribution in [1.29, 1.82) is 0 Å². The first-order valence-corrected chi connectivity index (χ1v) is 12.0. The molecule has 0 spiro atoms. The summed E-state index contributed by atoms with van der Waals surface area (Å²) in [4.78, 5) is 36.3. The minimum absolute atomic E-state index is 0.0507. The highest BCUT2D eigenvalue weighted by atomic mass is 19.1. The largest absolute Gasteiger partial charge is 0.492 e. The number of aromatic nitrogens is 1. The van der Waals surface area contributed by atoms with Gasteiger partial charge in [-0.25, -0.2) is 14.0 Å². The summed E-state index contributed by atoms with van der Waals surface area (Å²) in [5.41, 5.74) is 9.48. The molecule has 1 saturated carbocycles. The predicted molar refractivity (Wildman–Crippen MR) is 135 cm³/mol. The number of amides is 1. The molecule has 0 radical (unpaired) electrons. The van der Waals surface area contributed by atoms with Crippen LogP contribution in [0.15, 0.2) is 11.0 Å². The van der Waals surface area contributed by atoms with Gasteiger partial charge in [0.15, 0.2) is 11.6 Å². The Balaban J connectivity index is 0.000000392. The summed E-state index contributed by atoms with van der Waals surface area (Å²) >= 11 is 0. The van der Waals surface area contributed by atoms with Crippen LogP contribution in [-0.2, 0) is 4.74 Å². The number of carbonyl (C=O) groups excluding carboxylic acids is 1. The Labute approximate surface area is 208 Å². The lowest BCUT2D eigenvalue weighted by molar-refractivity contribution is 0.0598. The monoisotopic (exact) mass is 506 g/mol. The maximum atomic E-state index is 15.4. The number of nitrogen functional groups attached to an aromatic ring is 1. The van der Waals surface area contributed by atoms with Crippen LogP contribution in [-0.4, -0.2) is 47.5 Å². The van der Waals surface area contributed by atoms with Gasteiger partial charge in [0.25, 0.3) is 0 Å². The average molecular weight is 507 g/mol. The molecular weight excluding hydrogens is 471 g/mol. The van der Waals surface area contributed by atoms with Crippen molar-refractivity contribution in [3.05, 3.63) is 27.8 Å². The summed E-state index contributed by atoms with van der Waals surface area (Å²) in [6, 6.07) is 0.0507. The second-order valence-corrected chi connectivity index (χ2v) is 10.2. The van der Waals surface area contributed by atoms with E-state index < -0.39 is 34.5 Å². The van der Waals surface area contributed by atoms with E-state index in [0.29, 0.717) is 24.5 Å². The zero-order chi connectivity index (χ0) is 26.9. The highest BCUT2D eigenvalue weighted by Crippen LogP contribution is 2.47. The van der Waals surface area contributed by atoms with Gasteiger partial charge in [-0.1, -0.05) is 13.3 Å². The molecule has 1 amide bonds. The zero-order valence-electron chi connectivity index (χ0n) is 21.4. The van der Waals surface area contributed by atoms with Gasteiger partial charge in [0, 0.05) is 25.3 Å². The van der Waals surface area contributed by atoms with Crippen molar-refractivity contribution in [1.82, 2.24) is 4.57 Å². The van der Waals surface area contributed by atoms with Crippen LogP contribution in [0.25, 0.3) is 10.9 Å². The third-order valence-corrected chi connectivity index (χ3v) is 6.34. The van der Waals surface area contributed by atoms with Gasteiger partial charge in [0.05, 0.1) is 23.7 Å². The fourth-order valence-corrected chi connectivity index (χ4v) is 4.50. The van der Waals surface area contributed by atoms with Crippen molar-refractivity contribution >= 4 is 34.3 Å². The van der Waals surface area contributed by atoms with Crippen LogP contribution < -0.4 is 26.5 Å². The van der Waals surface area contributed by atoms with E-state index in [1.165, 1.54) is 13.3 Å². The van der Waals surface area contributed by atoms with Crippen LogP contribution in [0.3, 0.4) is 0 Å². The topological polar surface area (TPSA) is 150 Å². The molecule has 1 aliphatic heterocycles. The van der Waals surface area contributed by atoms with Gasteiger partial charge in [-0.3, -0.25) is 4.79 Å². The molecule has 4 rings (SSSR count). The third-order valence-electron chi connectivity index (χ3n) is 6.34. The Hall–Kier alpha value is -3.50. The number of ether oxygens (including phenoxy) is 2. The number of hydrogen-bond acceptors (Lipinski definition) is 7. The van der Waals surface area contributed by atoms with E-state index in [2.05, 4.69) is 11.7 Å². The van der Waals surface area contributed by atoms with Gasteiger partial charge < -0.3 is 35.5 Å². The number of benzene rings is 1. The number of aromatic carboxylic acids is 1. The van der Waals surface area contributed by atoms with Gasteiger partial charge in [-0.15, -0.1) is 0 Å². The van der Waals surface area contributed by atoms with Crippen LogP contribution in [0, 0.1) is 11.7 Å². The average Bonchev–Trinajstić information content (AvgIpc) is 3.51. The van der Waals surface area contributed by atoms with Crippen molar-refractivity contribution in [3.8, 4) is 5.75 Å². The minimum Gasteiger partial charge on any atom is -0.492 e. The highest BCUT2D eigenvalue weighted by molar-refractivity contribution is 6.03. The lowest BCUT2D eigenvalue weighted by Crippen LogP contribution is -2.27. The van der Waals surface area contributed by atoms with Crippen molar-refractivity contribution < 1.29 is 28.6 Å². The Morgan fingerprint density at radius 1 is 1.25 bits per heavy atom. The normalized spacial score (nSPS) is 17.5. The Bertz CT molecular complexity index is 1230. The van der Waals surface area contributed by atoms with Gasteiger partial charge in [-0.05, 0) is 46.0 Å². The predicted octanol–water partition coefficient (Wildman–Crippen LogP) is 3.88. The minimum atomic E-state index is -1.35. The number of methoxy groups -OCH3 is 1. The standard InChI is InChI=1S/C20H24FN3O4.C5H11NO2/c1-3-10-6-7-23(8-10)17-14(21)15(22)13-16(19(17)28-2)24(11-4-5-11)9-12(18(13)25)20(26)27;1-5(2,3)8-4(6)7/h9-11H,3-8,22H2,1-2H3,(H,26,27);1-3H3,(H2,6,7). The molecule has 10 nitrogen and oxygen atoms in total. The number of carboxylic acid groups (broad SMARTS) is 1. The number of halogens is 1. The number of nitrogens with two attached hydrogens (primary N) is 2. The maximum absolute atomic E-state index is 15.4. The number of nitrogens with zero attached hydrogens (tertiary/aromatic N) is 2. The molecule has 11 heteroatoms. The number of hydrogen-bond donors (Lipinski definition) is 3. The number of anilines is 2. The van der Waals surface area contributed by atoms with Gasteiger partial charge >= 0.3 is 12.1 Å². The lowest BCUT2D eigenvalue weighted by atomic mass is 10.1. The first-order valence-electron chi connectivity index (χ1n) is 12.0. The maximum Gasteiger partial charge on any atom is 0.405 e. The molecular formula is C25H35FN4O6. The summed E-state index contributed by atoms with van der Waals surface area (Å²) in [5, 5.41) is 9.32. The van der Waals surface area contributed by atoms with E-state index >= 15 is 4.39 Å². The summed E-state index contributed by atoms with van der Waals surface area (Å²) in [6.45, 7) is 8.76. The quantitative estimate of drug-likeness (QED) is 0.517. The zero-order valence-corrected chi connectivity index (χ0v) is 21.4. The van der Waals surface area contributed by atoms with E-state index in [4.69, 9.17) is 16.2 Å². The second kappa shape index (κ2) is 10.2. The molecule has 198 valence electrons. The van der Waals surface area contributed by atoms with Crippen LogP contribution in [0.2, 0.25) is 0 Å². The summed E-state index contributed by atoms with van der Waals surface area (Å²) < 4.78 is 27.3. The van der Waals surface area contributed by atoms with E-state index in [9.17, 15) is 19.5 Å². The number of rotatable bonds is 5. The molecule has 2 heterocycles. The lowest BCUT2D eigenvalue weighted by Gasteiger charge is -2.25. The van der Waals surface area contributed by atoms with Gasteiger partial charge in [-0.2, -0.15) is 0 Å². The third kappa shape index (κ3) is 5.50. The van der Waals surface area contributed by atoms with Crippen molar-refractivity contribution in [2.45, 2.75) is 65.0 Å². The van der Waals surface area contributed by atoms with E-state index in [-0.39, 0.29) is 28.6 Å². The molecule has 1 aromatic heterocycles. The Morgan fingerprint density at radius 2 is 1.89 bits per heavy atom.